The average Bonchev–Trinajstić information content (AvgIpc) is 2.36. The van der Waals surface area contributed by atoms with Crippen LogP contribution < -0.4 is 5.32 Å². The zero-order valence-corrected chi connectivity index (χ0v) is 11.7. The van der Waals surface area contributed by atoms with Crippen LogP contribution in [0.15, 0.2) is 47.6 Å². The van der Waals surface area contributed by atoms with E-state index in [2.05, 4.69) is 16.4 Å². The Bertz CT molecular complexity index is 664. The summed E-state index contributed by atoms with van der Waals surface area (Å²) in [6, 6.07) is 8.79. The van der Waals surface area contributed by atoms with Gasteiger partial charge in [-0.2, -0.15) is 0 Å². The van der Waals surface area contributed by atoms with Crippen molar-refractivity contribution in [2.24, 2.45) is 0 Å². The van der Waals surface area contributed by atoms with E-state index in [0.29, 0.717) is 11.4 Å². The maximum Gasteiger partial charge on any atom is 0.175 e. The fourth-order valence-corrected chi connectivity index (χ4v) is 2.37. The van der Waals surface area contributed by atoms with Crippen molar-refractivity contribution in [1.29, 1.82) is 0 Å². The molecular formula is C14H16N2O2S. The zero-order chi connectivity index (χ0) is 13.9. The van der Waals surface area contributed by atoms with Gasteiger partial charge in [-0.25, -0.2) is 8.42 Å². The number of nitrogens with one attached hydrogen (secondary N) is 1. The van der Waals surface area contributed by atoms with Gasteiger partial charge >= 0.3 is 0 Å². The number of nitrogens with zero attached hydrogens (tertiary/aromatic N) is 1. The molecule has 0 spiro atoms. The molecule has 0 aliphatic rings. The molecule has 0 amide bonds. The number of hydrogen-bond donors (Lipinski definition) is 1. The van der Waals surface area contributed by atoms with Crippen molar-refractivity contribution >= 4 is 15.5 Å². The average molecular weight is 276 g/mol. The minimum Gasteiger partial charge on any atom is -0.381 e. The normalized spacial score (nSPS) is 11.3. The molecule has 100 valence electrons. The molecule has 0 aliphatic carbocycles. The second-order valence-electron chi connectivity index (χ2n) is 4.52. The fourth-order valence-electron chi connectivity index (χ4n) is 1.74. The molecule has 1 N–H and O–H groups in total. The van der Waals surface area contributed by atoms with Crippen LogP contribution in [0.4, 0.5) is 5.69 Å². The lowest BCUT2D eigenvalue weighted by Crippen LogP contribution is -2.01. The number of aryl methyl sites for hydroxylation is 1. The molecule has 2 aromatic rings. The van der Waals surface area contributed by atoms with Crippen LogP contribution in [0.5, 0.6) is 0 Å². The molecule has 19 heavy (non-hydrogen) atoms. The monoisotopic (exact) mass is 276 g/mol. The SMILES string of the molecule is Cc1cncc(CNc2ccc(S(C)(=O)=O)cc2)c1. The molecule has 1 aromatic heterocycles. The minimum atomic E-state index is -3.13. The van der Waals surface area contributed by atoms with Crippen LogP contribution >= 0.6 is 0 Å². The Kier molecular flexibility index (Phi) is 3.85. The highest BCUT2D eigenvalue weighted by Crippen LogP contribution is 2.14. The topological polar surface area (TPSA) is 59.1 Å². The first-order chi connectivity index (χ1) is 8.95. The van der Waals surface area contributed by atoms with E-state index in [4.69, 9.17) is 0 Å². The highest BCUT2D eigenvalue weighted by Gasteiger charge is 2.05. The summed E-state index contributed by atoms with van der Waals surface area (Å²) in [5.74, 6) is 0. The van der Waals surface area contributed by atoms with Crippen LogP contribution in [0.25, 0.3) is 0 Å². The third kappa shape index (κ3) is 3.79. The summed E-state index contributed by atoms with van der Waals surface area (Å²) in [4.78, 5) is 4.45. The van der Waals surface area contributed by atoms with Crippen molar-refractivity contribution in [3.8, 4) is 0 Å². The minimum absolute atomic E-state index is 0.329. The van der Waals surface area contributed by atoms with E-state index < -0.39 is 9.84 Å². The van der Waals surface area contributed by atoms with Crippen LogP contribution in [-0.4, -0.2) is 19.7 Å². The second kappa shape index (κ2) is 5.40. The summed E-state index contributed by atoms with van der Waals surface area (Å²) < 4.78 is 22.7. The molecule has 1 aromatic carbocycles. The standard InChI is InChI=1S/C14H16N2O2S/c1-11-7-12(9-15-8-11)10-16-13-3-5-14(6-4-13)19(2,17)18/h3-9,16H,10H2,1-2H3. The van der Waals surface area contributed by atoms with E-state index in [-0.39, 0.29) is 0 Å². The van der Waals surface area contributed by atoms with E-state index in [1.54, 1.807) is 24.3 Å². The third-order valence-electron chi connectivity index (χ3n) is 2.71. The summed E-state index contributed by atoms with van der Waals surface area (Å²) in [6.45, 7) is 2.66. The lowest BCUT2D eigenvalue weighted by molar-refractivity contribution is 0.602. The molecule has 0 bridgehead atoms. The van der Waals surface area contributed by atoms with Crippen molar-refractivity contribution in [1.82, 2.24) is 4.98 Å². The van der Waals surface area contributed by atoms with Crippen LogP contribution in [-0.2, 0) is 16.4 Å². The second-order valence-corrected chi connectivity index (χ2v) is 6.54. The van der Waals surface area contributed by atoms with E-state index >= 15 is 0 Å². The molecule has 4 nitrogen and oxygen atoms in total. The Labute approximate surface area is 113 Å². The summed E-state index contributed by atoms with van der Waals surface area (Å²) in [6.07, 6.45) is 4.82. The fraction of sp³-hybridized carbons (Fsp3) is 0.214. The van der Waals surface area contributed by atoms with Gasteiger partial charge in [0.25, 0.3) is 0 Å². The van der Waals surface area contributed by atoms with Gasteiger partial charge in [0.1, 0.15) is 0 Å². The number of anilines is 1. The molecule has 0 atom stereocenters. The molecule has 0 fully saturated rings. The van der Waals surface area contributed by atoms with Crippen LogP contribution in [0.3, 0.4) is 0 Å². The van der Waals surface area contributed by atoms with Gasteiger partial charge in [0.15, 0.2) is 9.84 Å². The third-order valence-corrected chi connectivity index (χ3v) is 3.84. The van der Waals surface area contributed by atoms with E-state index in [9.17, 15) is 8.42 Å². The Balaban J connectivity index is 2.05. The van der Waals surface area contributed by atoms with E-state index in [1.807, 2.05) is 19.3 Å². The van der Waals surface area contributed by atoms with Gasteiger partial charge in [-0.05, 0) is 42.3 Å². The van der Waals surface area contributed by atoms with Crippen LogP contribution in [0, 0.1) is 6.92 Å². The van der Waals surface area contributed by atoms with Gasteiger partial charge in [0, 0.05) is 30.9 Å². The van der Waals surface area contributed by atoms with Gasteiger partial charge in [-0.3, -0.25) is 4.98 Å². The molecule has 0 saturated heterocycles. The van der Waals surface area contributed by atoms with Crippen LogP contribution in [0.2, 0.25) is 0 Å². The highest BCUT2D eigenvalue weighted by molar-refractivity contribution is 7.90. The first-order valence-electron chi connectivity index (χ1n) is 5.90. The van der Waals surface area contributed by atoms with Crippen molar-refractivity contribution in [2.45, 2.75) is 18.4 Å². The first kappa shape index (κ1) is 13.5. The Morgan fingerprint density at radius 1 is 1.16 bits per heavy atom. The first-order valence-corrected chi connectivity index (χ1v) is 7.79. The smallest absolute Gasteiger partial charge is 0.175 e. The van der Waals surface area contributed by atoms with Crippen molar-refractivity contribution in [3.05, 3.63) is 53.9 Å². The highest BCUT2D eigenvalue weighted by atomic mass is 32.2. The van der Waals surface area contributed by atoms with Crippen LogP contribution in [0.1, 0.15) is 11.1 Å². The quantitative estimate of drug-likeness (QED) is 0.931. The zero-order valence-electron chi connectivity index (χ0n) is 10.9. The van der Waals surface area contributed by atoms with Crippen molar-refractivity contribution < 1.29 is 8.42 Å². The number of hydrogen-bond acceptors (Lipinski definition) is 4. The predicted octanol–water partition coefficient (Wildman–Crippen LogP) is 2.41. The van der Waals surface area contributed by atoms with Gasteiger partial charge in [-0.15, -0.1) is 0 Å². The Hall–Kier alpha value is -1.88. The lowest BCUT2D eigenvalue weighted by Gasteiger charge is -2.07. The number of sulfone groups is 1. The molecule has 0 aliphatic heterocycles. The molecule has 2 rings (SSSR count). The molecule has 0 radical (unpaired) electrons. The number of aromatic nitrogens is 1. The van der Waals surface area contributed by atoms with Crippen molar-refractivity contribution in [2.75, 3.05) is 11.6 Å². The summed E-state index contributed by atoms with van der Waals surface area (Å²) >= 11 is 0. The summed E-state index contributed by atoms with van der Waals surface area (Å²) in [5, 5.41) is 3.23. The molecule has 5 heteroatoms. The number of rotatable bonds is 4. The van der Waals surface area contributed by atoms with Crippen molar-refractivity contribution in [3.63, 3.8) is 0 Å². The van der Waals surface area contributed by atoms with E-state index in [1.165, 1.54) is 6.26 Å². The molecule has 1 heterocycles. The molecular weight excluding hydrogens is 260 g/mol. The van der Waals surface area contributed by atoms with Gasteiger partial charge < -0.3 is 5.32 Å². The van der Waals surface area contributed by atoms with Gasteiger partial charge in [0.05, 0.1) is 4.90 Å². The Morgan fingerprint density at radius 3 is 2.42 bits per heavy atom. The van der Waals surface area contributed by atoms with Gasteiger partial charge in [-0.1, -0.05) is 6.07 Å². The van der Waals surface area contributed by atoms with Gasteiger partial charge in [0.2, 0.25) is 0 Å². The Morgan fingerprint density at radius 2 is 1.84 bits per heavy atom. The molecule has 0 saturated carbocycles. The molecule has 0 unspecified atom stereocenters. The number of benzene rings is 1. The van der Waals surface area contributed by atoms with E-state index in [0.717, 1.165) is 16.8 Å². The number of pyridine rings is 1. The maximum absolute atomic E-state index is 11.3. The summed E-state index contributed by atoms with van der Waals surface area (Å²) in [5.41, 5.74) is 3.09. The summed E-state index contributed by atoms with van der Waals surface area (Å²) in [7, 11) is -3.13. The lowest BCUT2D eigenvalue weighted by atomic mass is 10.2. The largest absolute Gasteiger partial charge is 0.381 e. The maximum atomic E-state index is 11.3. The predicted molar refractivity (Wildman–Crippen MR) is 75.9 cm³/mol.